The van der Waals surface area contributed by atoms with Gasteiger partial charge in [0.05, 0.1) is 0 Å². The molecule has 97 valence electrons. The summed E-state index contributed by atoms with van der Waals surface area (Å²) in [5.41, 5.74) is 0.947. The van der Waals surface area contributed by atoms with E-state index in [1.54, 1.807) is 24.4 Å². The van der Waals surface area contributed by atoms with Crippen LogP contribution in [0.3, 0.4) is 0 Å². The average Bonchev–Trinajstić information content (AvgIpc) is 3.18. The molecule has 5 heteroatoms. The number of hydrogen-bond acceptors (Lipinski definition) is 4. The third kappa shape index (κ3) is 2.66. The Morgan fingerprint density at radius 2 is 2.05 bits per heavy atom. The number of Topliss-reactive ketones (excluding diaryl/α,β-unsaturated/α-hetero) is 1. The van der Waals surface area contributed by atoms with Gasteiger partial charge in [-0.25, -0.2) is 9.67 Å². The molecule has 5 nitrogen and oxygen atoms in total. The molecule has 1 aliphatic rings. The molecular weight excluding hydrogens is 252 g/mol. The highest BCUT2D eigenvalue weighted by Crippen LogP contribution is 2.27. The van der Waals surface area contributed by atoms with Gasteiger partial charge in [-0.15, -0.1) is 0 Å². The standard InChI is InChI=1S/C15H11N4O/c20-15(13-6-3-7-16-9-13)14(19-11-17-10-18-19)8-12-4-1-2-5-12/h1-11H/b14-8-. The molecule has 0 amide bonds. The summed E-state index contributed by atoms with van der Waals surface area (Å²) in [5, 5.41) is 4.04. The van der Waals surface area contributed by atoms with Gasteiger partial charge in [0.25, 0.3) is 0 Å². The quantitative estimate of drug-likeness (QED) is 0.623. The van der Waals surface area contributed by atoms with E-state index in [0.29, 0.717) is 11.3 Å². The van der Waals surface area contributed by atoms with E-state index in [9.17, 15) is 4.79 Å². The lowest BCUT2D eigenvalue weighted by atomic mass is 10.0. The molecule has 0 aromatic carbocycles. The van der Waals surface area contributed by atoms with E-state index in [0.717, 1.165) is 5.92 Å². The SMILES string of the molecule is O=C(/C(=C/[C]1[CH][CH][CH][CH]1)n1cncn1)c1cccnc1. The van der Waals surface area contributed by atoms with Crippen LogP contribution >= 0.6 is 0 Å². The lowest BCUT2D eigenvalue weighted by Gasteiger charge is -2.09. The van der Waals surface area contributed by atoms with Crippen molar-refractivity contribution in [2.75, 3.05) is 0 Å². The minimum Gasteiger partial charge on any atom is -0.287 e. The van der Waals surface area contributed by atoms with Crippen LogP contribution in [-0.2, 0) is 0 Å². The van der Waals surface area contributed by atoms with Crippen LogP contribution in [0.5, 0.6) is 0 Å². The van der Waals surface area contributed by atoms with Crippen molar-refractivity contribution in [3.8, 4) is 0 Å². The molecule has 0 spiro atoms. The van der Waals surface area contributed by atoms with E-state index in [4.69, 9.17) is 0 Å². The summed E-state index contributed by atoms with van der Waals surface area (Å²) in [7, 11) is 0. The van der Waals surface area contributed by atoms with Crippen molar-refractivity contribution >= 4 is 11.5 Å². The molecule has 0 N–H and O–H groups in total. The number of carbonyl (C=O) groups excluding carboxylic acids is 1. The lowest BCUT2D eigenvalue weighted by Crippen LogP contribution is -2.11. The highest BCUT2D eigenvalue weighted by Gasteiger charge is 2.21. The summed E-state index contributed by atoms with van der Waals surface area (Å²) < 4.78 is 1.46. The lowest BCUT2D eigenvalue weighted by molar-refractivity contribution is 0.104. The molecule has 0 atom stereocenters. The van der Waals surface area contributed by atoms with Crippen molar-refractivity contribution < 1.29 is 4.79 Å². The monoisotopic (exact) mass is 263 g/mol. The zero-order valence-electron chi connectivity index (χ0n) is 10.5. The van der Waals surface area contributed by atoms with Crippen molar-refractivity contribution in [3.63, 3.8) is 0 Å². The number of ketones is 1. The molecule has 0 aliphatic heterocycles. The third-order valence-electron chi connectivity index (χ3n) is 2.81. The summed E-state index contributed by atoms with van der Waals surface area (Å²) in [4.78, 5) is 20.4. The third-order valence-corrected chi connectivity index (χ3v) is 2.81. The number of aromatic nitrogens is 4. The van der Waals surface area contributed by atoms with Gasteiger partial charge in [-0.05, 0) is 43.9 Å². The first kappa shape index (κ1) is 12.7. The van der Waals surface area contributed by atoms with Gasteiger partial charge in [0.1, 0.15) is 18.4 Å². The Kier molecular flexibility index (Phi) is 3.67. The predicted octanol–water partition coefficient (Wildman–Crippen LogP) is 1.80. The van der Waals surface area contributed by atoms with Gasteiger partial charge in [0, 0.05) is 23.9 Å². The highest BCUT2D eigenvalue weighted by molar-refractivity contribution is 6.24. The van der Waals surface area contributed by atoms with Crippen molar-refractivity contribution in [1.82, 2.24) is 19.7 Å². The minimum absolute atomic E-state index is 0.148. The molecule has 1 aliphatic carbocycles. The molecule has 0 unspecified atom stereocenters. The second-order valence-electron chi connectivity index (χ2n) is 4.16. The average molecular weight is 263 g/mol. The normalized spacial score (nSPS) is 16.5. The van der Waals surface area contributed by atoms with Crippen molar-refractivity contribution in [1.29, 1.82) is 0 Å². The van der Waals surface area contributed by atoms with Gasteiger partial charge >= 0.3 is 0 Å². The molecule has 20 heavy (non-hydrogen) atoms. The van der Waals surface area contributed by atoms with Crippen LogP contribution in [0.1, 0.15) is 10.4 Å². The van der Waals surface area contributed by atoms with E-state index < -0.39 is 0 Å². The number of rotatable bonds is 4. The molecule has 0 bridgehead atoms. The highest BCUT2D eigenvalue weighted by atomic mass is 16.1. The largest absolute Gasteiger partial charge is 0.287 e. The van der Waals surface area contributed by atoms with E-state index in [-0.39, 0.29) is 5.78 Å². The second kappa shape index (κ2) is 5.77. The molecule has 1 saturated carbocycles. The molecule has 2 aromatic heterocycles. The van der Waals surface area contributed by atoms with Crippen LogP contribution in [0.4, 0.5) is 0 Å². The number of nitrogens with zero attached hydrogens (tertiary/aromatic N) is 4. The van der Waals surface area contributed by atoms with Gasteiger partial charge < -0.3 is 0 Å². The molecule has 2 heterocycles. The van der Waals surface area contributed by atoms with Crippen LogP contribution in [-0.4, -0.2) is 25.5 Å². The van der Waals surface area contributed by atoms with Gasteiger partial charge in [-0.1, -0.05) is 0 Å². The first-order chi connectivity index (χ1) is 9.84. The Bertz CT molecular complexity index is 598. The maximum Gasteiger partial charge on any atom is 0.212 e. The van der Waals surface area contributed by atoms with E-state index in [1.807, 2.05) is 25.7 Å². The maximum atomic E-state index is 12.6. The Morgan fingerprint density at radius 3 is 2.70 bits per heavy atom. The second-order valence-corrected chi connectivity index (χ2v) is 4.16. The summed E-state index contributed by atoms with van der Waals surface area (Å²) in [6.45, 7) is 0. The first-order valence-electron chi connectivity index (χ1n) is 6.08. The Balaban J connectivity index is 1.95. The smallest absolute Gasteiger partial charge is 0.212 e. The molecule has 3 rings (SSSR count). The zero-order valence-corrected chi connectivity index (χ0v) is 10.5. The number of hydrogen-bond donors (Lipinski definition) is 0. The van der Waals surface area contributed by atoms with Gasteiger partial charge in [-0.2, -0.15) is 5.10 Å². The first-order valence-corrected chi connectivity index (χ1v) is 6.08. The van der Waals surface area contributed by atoms with Crippen LogP contribution in [0.15, 0.2) is 43.3 Å². The molecular formula is C15H11N4O. The van der Waals surface area contributed by atoms with Crippen molar-refractivity contribution in [3.05, 3.63) is 80.4 Å². The van der Waals surface area contributed by atoms with E-state index >= 15 is 0 Å². The Morgan fingerprint density at radius 1 is 1.20 bits per heavy atom. The molecule has 5 radical (unpaired) electrons. The fraction of sp³-hybridized carbons (Fsp3) is 0. The molecule has 1 fully saturated rings. The van der Waals surface area contributed by atoms with Crippen molar-refractivity contribution in [2.45, 2.75) is 0 Å². The summed E-state index contributed by atoms with van der Waals surface area (Å²) in [5.74, 6) is 0.789. The fourth-order valence-electron chi connectivity index (χ4n) is 1.86. The molecule has 0 saturated heterocycles. The number of allylic oxidation sites excluding steroid dienone is 2. The maximum absolute atomic E-state index is 12.6. The number of carbonyl (C=O) groups is 1. The predicted molar refractivity (Wildman–Crippen MR) is 73.3 cm³/mol. The van der Waals surface area contributed by atoms with Gasteiger partial charge in [-0.3, -0.25) is 9.78 Å². The Hall–Kier alpha value is -2.30. The summed E-state index contributed by atoms with van der Waals surface area (Å²) in [6, 6.07) is 3.46. The van der Waals surface area contributed by atoms with Gasteiger partial charge in [0.2, 0.25) is 5.78 Å². The van der Waals surface area contributed by atoms with Crippen LogP contribution in [0, 0.1) is 31.6 Å². The van der Waals surface area contributed by atoms with Crippen LogP contribution in [0.2, 0.25) is 0 Å². The summed E-state index contributed by atoms with van der Waals surface area (Å²) >= 11 is 0. The van der Waals surface area contributed by atoms with Crippen LogP contribution < -0.4 is 0 Å². The topological polar surface area (TPSA) is 60.7 Å². The van der Waals surface area contributed by atoms with Crippen LogP contribution in [0.25, 0.3) is 5.70 Å². The Labute approximate surface area is 117 Å². The zero-order chi connectivity index (χ0) is 13.8. The number of pyridine rings is 1. The van der Waals surface area contributed by atoms with E-state index in [2.05, 4.69) is 15.1 Å². The molecule has 2 aromatic rings. The minimum atomic E-state index is -0.148. The summed E-state index contributed by atoms with van der Waals surface area (Å²) in [6.07, 6.45) is 15.5. The fourth-order valence-corrected chi connectivity index (χ4v) is 1.86. The van der Waals surface area contributed by atoms with Crippen molar-refractivity contribution in [2.24, 2.45) is 0 Å². The van der Waals surface area contributed by atoms with E-state index in [1.165, 1.54) is 23.5 Å². The van der Waals surface area contributed by atoms with Gasteiger partial charge in [0.15, 0.2) is 0 Å².